The van der Waals surface area contributed by atoms with Gasteiger partial charge in [0.05, 0.1) is 24.5 Å². The Morgan fingerprint density at radius 2 is 1.62 bits per heavy atom. The Kier molecular flexibility index (Phi) is 8.95. The first kappa shape index (κ1) is 30.1. The summed E-state index contributed by atoms with van der Waals surface area (Å²) in [6.07, 6.45) is -2.66. The fourth-order valence-electron chi connectivity index (χ4n) is 5.45. The van der Waals surface area contributed by atoms with E-state index in [0.29, 0.717) is 41.8 Å². The van der Waals surface area contributed by atoms with E-state index in [2.05, 4.69) is 31.3 Å². The summed E-state index contributed by atoms with van der Waals surface area (Å²) >= 11 is 0. The zero-order valence-electron chi connectivity index (χ0n) is 24.5. The summed E-state index contributed by atoms with van der Waals surface area (Å²) in [6.45, 7) is 0.400. The van der Waals surface area contributed by atoms with Gasteiger partial charge in [-0.3, -0.25) is 0 Å². The van der Waals surface area contributed by atoms with E-state index in [1.807, 2.05) is 84.9 Å². The minimum atomic E-state index is -4.31. The van der Waals surface area contributed by atoms with Crippen LogP contribution in [0.4, 0.5) is 34.6 Å². The molecule has 0 radical (unpaired) electrons. The molecule has 45 heavy (non-hydrogen) atoms. The standard InChI is InChI=1S/C34H33F4N7/c35-30-21-26(13-14-28(30)24-10-11-24)39-22-40-31-20-25(27-8-4-5-9-29(27)33-41-43-44-42-33)12-15-32(31)45(19-17-34(36,37)38)18-16-23-6-2-1-3-7-23/h1-9,12-15,20-21,24,39-40H,10-11,16-19,22H2,(H,41,42,43,44). The van der Waals surface area contributed by atoms with Gasteiger partial charge in [0.2, 0.25) is 5.82 Å². The highest BCUT2D eigenvalue weighted by molar-refractivity contribution is 5.85. The van der Waals surface area contributed by atoms with Gasteiger partial charge < -0.3 is 15.5 Å². The lowest BCUT2D eigenvalue weighted by Crippen LogP contribution is -2.31. The second-order valence-corrected chi connectivity index (χ2v) is 11.1. The lowest BCUT2D eigenvalue weighted by Gasteiger charge is -2.29. The molecule has 1 aliphatic rings. The van der Waals surface area contributed by atoms with Crippen LogP contribution >= 0.6 is 0 Å². The van der Waals surface area contributed by atoms with Gasteiger partial charge in [-0.05, 0) is 76.9 Å². The Bertz CT molecular complexity index is 1700. The zero-order chi connectivity index (χ0) is 31.2. The predicted molar refractivity (Wildman–Crippen MR) is 169 cm³/mol. The van der Waals surface area contributed by atoms with Gasteiger partial charge in [0.1, 0.15) is 5.82 Å². The Morgan fingerprint density at radius 1 is 0.844 bits per heavy atom. The zero-order valence-corrected chi connectivity index (χ0v) is 24.5. The van der Waals surface area contributed by atoms with Crippen LogP contribution in [0.25, 0.3) is 22.5 Å². The van der Waals surface area contributed by atoms with Crippen molar-refractivity contribution in [3.63, 3.8) is 0 Å². The number of tetrazole rings is 1. The van der Waals surface area contributed by atoms with Crippen molar-refractivity contribution in [2.24, 2.45) is 0 Å². The number of rotatable bonds is 13. The molecule has 1 heterocycles. The SMILES string of the molecule is Fc1cc(NCNc2cc(-c3ccccc3-c3nn[nH]n3)ccc2N(CCc2ccccc2)CCC(F)(F)F)ccc1C1CC1. The Balaban J connectivity index is 1.31. The summed E-state index contributed by atoms with van der Waals surface area (Å²) in [7, 11) is 0. The first-order valence-electron chi connectivity index (χ1n) is 14.9. The molecule has 0 amide bonds. The van der Waals surface area contributed by atoms with Crippen LogP contribution in [-0.4, -0.2) is 46.6 Å². The molecule has 11 heteroatoms. The third kappa shape index (κ3) is 7.78. The predicted octanol–water partition coefficient (Wildman–Crippen LogP) is 8.03. The van der Waals surface area contributed by atoms with Crippen LogP contribution in [0, 0.1) is 5.82 Å². The van der Waals surface area contributed by atoms with E-state index in [1.165, 1.54) is 6.07 Å². The second-order valence-electron chi connectivity index (χ2n) is 11.1. The van der Waals surface area contributed by atoms with Gasteiger partial charge in [0, 0.05) is 24.3 Å². The van der Waals surface area contributed by atoms with Gasteiger partial charge in [-0.25, -0.2) is 4.39 Å². The molecular weight excluding hydrogens is 582 g/mol. The normalized spacial score (nSPS) is 13.1. The molecule has 1 aromatic heterocycles. The van der Waals surface area contributed by atoms with Crippen LogP contribution < -0.4 is 15.5 Å². The molecule has 0 bridgehead atoms. The summed E-state index contributed by atoms with van der Waals surface area (Å²) in [5, 5.41) is 21.0. The monoisotopic (exact) mass is 615 g/mol. The number of hydrogen-bond donors (Lipinski definition) is 3. The lowest BCUT2D eigenvalue weighted by atomic mass is 9.98. The number of nitrogens with zero attached hydrogens (tertiary/aromatic N) is 4. The first-order chi connectivity index (χ1) is 21.8. The Morgan fingerprint density at radius 3 is 2.33 bits per heavy atom. The minimum Gasteiger partial charge on any atom is -0.369 e. The van der Waals surface area contributed by atoms with Gasteiger partial charge in [0.25, 0.3) is 0 Å². The molecule has 0 unspecified atom stereocenters. The van der Waals surface area contributed by atoms with E-state index >= 15 is 0 Å². The molecule has 5 aromatic rings. The smallest absolute Gasteiger partial charge is 0.369 e. The van der Waals surface area contributed by atoms with E-state index in [1.54, 1.807) is 4.90 Å². The third-order valence-corrected chi connectivity index (χ3v) is 7.93. The van der Waals surface area contributed by atoms with Gasteiger partial charge >= 0.3 is 6.18 Å². The molecule has 0 atom stereocenters. The molecular formula is C34H33F4N7. The minimum absolute atomic E-state index is 0.203. The van der Waals surface area contributed by atoms with Gasteiger partial charge in [-0.15, -0.1) is 10.2 Å². The van der Waals surface area contributed by atoms with Gasteiger partial charge in [-0.1, -0.05) is 66.7 Å². The van der Waals surface area contributed by atoms with Gasteiger partial charge in [0.15, 0.2) is 0 Å². The van der Waals surface area contributed by atoms with E-state index in [4.69, 9.17) is 0 Å². The molecule has 232 valence electrons. The topological polar surface area (TPSA) is 81.8 Å². The van der Waals surface area contributed by atoms with Crippen molar-refractivity contribution in [3.8, 4) is 22.5 Å². The van der Waals surface area contributed by atoms with E-state index in [-0.39, 0.29) is 19.0 Å². The van der Waals surface area contributed by atoms with E-state index in [9.17, 15) is 17.6 Å². The molecule has 1 saturated carbocycles. The largest absolute Gasteiger partial charge is 0.390 e. The number of nitrogens with one attached hydrogen (secondary N) is 3. The highest BCUT2D eigenvalue weighted by Gasteiger charge is 2.29. The Hall–Kier alpha value is -4.93. The summed E-state index contributed by atoms with van der Waals surface area (Å²) in [6, 6.07) is 28.1. The summed E-state index contributed by atoms with van der Waals surface area (Å²) in [4.78, 5) is 1.77. The fourth-order valence-corrected chi connectivity index (χ4v) is 5.45. The van der Waals surface area contributed by atoms with Crippen LogP contribution in [0.3, 0.4) is 0 Å². The maximum atomic E-state index is 14.7. The quantitative estimate of drug-likeness (QED) is 0.0919. The Labute approximate surface area is 258 Å². The summed E-state index contributed by atoms with van der Waals surface area (Å²) < 4.78 is 55.1. The average Bonchev–Trinajstić information content (AvgIpc) is 3.73. The molecule has 1 aliphatic carbocycles. The van der Waals surface area contributed by atoms with Crippen LogP contribution in [0.2, 0.25) is 0 Å². The van der Waals surface area contributed by atoms with E-state index < -0.39 is 12.6 Å². The average molecular weight is 616 g/mol. The molecule has 0 saturated heterocycles. The molecule has 4 aromatic carbocycles. The molecule has 7 nitrogen and oxygen atoms in total. The number of halogens is 4. The van der Waals surface area contributed by atoms with Crippen LogP contribution in [0.1, 0.15) is 36.3 Å². The maximum Gasteiger partial charge on any atom is 0.390 e. The number of anilines is 3. The van der Waals surface area contributed by atoms with Crippen molar-refractivity contribution >= 4 is 17.1 Å². The third-order valence-electron chi connectivity index (χ3n) is 7.93. The van der Waals surface area contributed by atoms with Crippen molar-refractivity contribution in [2.45, 2.75) is 37.8 Å². The summed E-state index contributed by atoms with van der Waals surface area (Å²) in [5.74, 6) is 0.496. The van der Waals surface area contributed by atoms with Crippen molar-refractivity contribution in [3.05, 3.63) is 108 Å². The number of H-pyrrole nitrogens is 1. The van der Waals surface area contributed by atoms with Crippen molar-refractivity contribution in [2.75, 3.05) is 35.3 Å². The summed E-state index contributed by atoms with van der Waals surface area (Å²) in [5.41, 5.74) is 6.07. The van der Waals surface area contributed by atoms with Crippen molar-refractivity contribution in [1.29, 1.82) is 0 Å². The highest BCUT2D eigenvalue weighted by Crippen LogP contribution is 2.42. The van der Waals surface area contributed by atoms with Crippen molar-refractivity contribution < 1.29 is 17.6 Å². The molecule has 0 spiro atoms. The maximum absolute atomic E-state index is 14.7. The van der Waals surface area contributed by atoms with Gasteiger partial charge in [-0.2, -0.15) is 18.4 Å². The van der Waals surface area contributed by atoms with Crippen LogP contribution in [0.5, 0.6) is 0 Å². The number of alkyl halides is 3. The number of aromatic nitrogens is 4. The molecule has 3 N–H and O–H groups in total. The second kappa shape index (κ2) is 13.4. The lowest BCUT2D eigenvalue weighted by molar-refractivity contribution is -0.132. The molecule has 1 fully saturated rings. The van der Waals surface area contributed by atoms with Crippen LogP contribution in [-0.2, 0) is 6.42 Å². The number of hydrogen-bond acceptors (Lipinski definition) is 6. The first-order valence-corrected chi connectivity index (χ1v) is 14.9. The van der Waals surface area contributed by atoms with E-state index in [0.717, 1.165) is 40.7 Å². The fraction of sp³-hybridized carbons (Fsp3) is 0.265. The highest BCUT2D eigenvalue weighted by atomic mass is 19.4. The molecule has 0 aliphatic heterocycles. The van der Waals surface area contributed by atoms with Crippen molar-refractivity contribution in [1.82, 2.24) is 20.6 Å². The number of aromatic amines is 1. The number of benzene rings is 4. The van der Waals surface area contributed by atoms with Crippen LogP contribution in [0.15, 0.2) is 91.0 Å². The molecule has 6 rings (SSSR count).